The first-order chi connectivity index (χ1) is 13.2. The number of piperidine rings is 1. The molecule has 0 saturated carbocycles. The number of piperazine rings is 1. The van der Waals surface area contributed by atoms with Crippen LogP contribution < -0.4 is 5.32 Å². The van der Waals surface area contributed by atoms with Crippen molar-refractivity contribution in [3.63, 3.8) is 0 Å². The van der Waals surface area contributed by atoms with Crippen molar-refractivity contribution >= 4 is 29.7 Å². The molecule has 2 fully saturated rings. The maximum Gasteiger partial charge on any atom is 0.225 e. The molecule has 0 atom stereocenters. The summed E-state index contributed by atoms with van der Waals surface area (Å²) in [5, 5.41) is 6.32. The minimum absolute atomic E-state index is 0. The van der Waals surface area contributed by atoms with Crippen molar-refractivity contribution in [1.82, 2.24) is 20.1 Å². The van der Waals surface area contributed by atoms with E-state index in [1.165, 1.54) is 12.1 Å². The number of hydrogen-bond donors (Lipinski definition) is 1. The summed E-state index contributed by atoms with van der Waals surface area (Å²) in [5.41, 5.74) is 1.99. The zero-order chi connectivity index (χ0) is 18.6. The second kappa shape index (κ2) is 9.78. The van der Waals surface area contributed by atoms with E-state index < -0.39 is 0 Å². The van der Waals surface area contributed by atoms with Crippen LogP contribution in [0.5, 0.6) is 0 Å². The number of amides is 1. The molecule has 2 aliphatic heterocycles. The van der Waals surface area contributed by atoms with E-state index in [9.17, 15) is 9.18 Å². The van der Waals surface area contributed by atoms with Crippen molar-refractivity contribution in [2.75, 3.05) is 39.3 Å². The molecule has 0 bridgehead atoms. The molecule has 0 unspecified atom stereocenters. The van der Waals surface area contributed by atoms with Gasteiger partial charge in [-0.2, -0.15) is 0 Å². The monoisotopic (exact) mass is 424 g/mol. The Labute approximate surface area is 175 Å². The number of halogens is 2. The molecule has 2 aromatic rings. The van der Waals surface area contributed by atoms with Gasteiger partial charge in [-0.15, -0.1) is 23.7 Å². The third-order valence-corrected chi connectivity index (χ3v) is 6.34. The molecule has 8 heteroatoms. The number of benzene rings is 1. The highest BCUT2D eigenvalue weighted by molar-refractivity contribution is 7.13. The number of nitrogens with one attached hydrogen (secondary N) is 1. The standard InChI is InChI=1S/C20H25FN4OS.ClH/c21-17-3-1-15(2-4-17)19-23-18(14-27-19)13-24-9-11-25(12-10-24)20(26)16-5-7-22-8-6-16;/h1-4,14,16,22H,5-13H2;1H. The summed E-state index contributed by atoms with van der Waals surface area (Å²) in [6.45, 7) is 6.09. The number of nitrogens with zero attached hydrogens (tertiary/aromatic N) is 3. The van der Waals surface area contributed by atoms with Gasteiger partial charge in [0.05, 0.1) is 5.69 Å². The molecule has 0 radical (unpaired) electrons. The van der Waals surface area contributed by atoms with E-state index in [4.69, 9.17) is 4.98 Å². The number of carbonyl (C=O) groups excluding carboxylic acids is 1. The third kappa shape index (κ3) is 5.08. The molecular weight excluding hydrogens is 399 g/mol. The Morgan fingerprint density at radius 1 is 1.14 bits per heavy atom. The van der Waals surface area contributed by atoms with E-state index in [1.54, 1.807) is 23.5 Å². The van der Waals surface area contributed by atoms with Gasteiger partial charge >= 0.3 is 0 Å². The quantitative estimate of drug-likeness (QED) is 0.819. The van der Waals surface area contributed by atoms with Gasteiger partial charge < -0.3 is 10.2 Å². The molecule has 0 aliphatic carbocycles. The predicted octanol–water partition coefficient (Wildman–Crippen LogP) is 3.01. The molecule has 2 saturated heterocycles. The van der Waals surface area contributed by atoms with Gasteiger partial charge in [0.1, 0.15) is 10.8 Å². The summed E-state index contributed by atoms with van der Waals surface area (Å²) >= 11 is 1.59. The summed E-state index contributed by atoms with van der Waals surface area (Å²) in [5.74, 6) is 0.311. The Hall–Kier alpha value is -1.54. The summed E-state index contributed by atoms with van der Waals surface area (Å²) in [6.07, 6.45) is 1.92. The highest BCUT2D eigenvalue weighted by Gasteiger charge is 2.28. The van der Waals surface area contributed by atoms with Crippen LogP contribution in [0.15, 0.2) is 29.6 Å². The molecule has 1 aromatic carbocycles. The topological polar surface area (TPSA) is 48.5 Å². The first-order valence-corrected chi connectivity index (χ1v) is 10.5. The molecule has 3 heterocycles. The Kier molecular flexibility index (Phi) is 7.40. The lowest BCUT2D eigenvalue weighted by Crippen LogP contribution is -2.51. The van der Waals surface area contributed by atoms with Crippen LogP contribution >= 0.6 is 23.7 Å². The lowest BCUT2D eigenvalue weighted by atomic mass is 9.96. The van der Waals surface area contributed by atoms with Crippen LogP contribution in [-0.4, -0.2) is 60.0 Å². The van der Waals surface area contributed by atoms with Crippen LogP contribution in [0.1, 0.15) is 18.5 Å². The van der Waals surface area contributed by atoms with Gasteiger partial charge in [-0.05, 0) is 50.2 Å². The van der Waals surface area contributed by atoms with E-state index in [1.807, 2.05) is 4.90 Å². The van der Waals surface area contributed by atoms with Crippen LogP contribution in [0.2, 0.25) is 0 Å². The number of aromatic nitrogens is 1. The lowest BCUT2D eigenvalue weighted by Gasteiger charge is -2.37. The molecule has 5 nitrogen and oxygen atoms in total. The highest BCUT2D eigenvalue weighted by atomic mass is 35.5. The van der Waals surface area contributed by atoms with Crippen LogP contribution in [-0.2, 0) is 11.3 Å². The first kappa shape index (κ1) is 21.2. The van der Waals surface area contributed by atoms with E-state index in [2.05, 4.69) is 15.6 Å². The fourth-order valence-electron chi connectivity index (χ4n) is 3.79. The molecule has 152 valence electrons. The van der Waals surface area contributed by atoms with Crippen LogP contribution in [0.4, 0.5) is 4.39 Å². The number of thiazole rings is 1. The molecule has 1 N–H and O–H groups in total. The van der Waals surface area contributed by atoms with E-state index in [0.29, 0.717) is 5.91 Å². The largest absolute Gasteiger partial charge is 0.340 e. The van der Waals surface area contributed by atoms with E-state index in [-0.39, 0.29) is 24.1 Å². The van der Waals surface area contributed by atoms with E-state index >= 15 is 0 Å². The van der Waals surface area contributed by atoms with Gasteiger partial charge in [-0.1, -0.05) is 0 Å². The number of carbonyl (C=O) groups is 1. The Morgan fingerprint density at radius 3 is 2.50 bits per heavy atom. The zero-order valence-corrected chi connectivity index (χ0v) is 17.4. The summed E-state index contributed by atoms with van der Waals surface area (Å²) in [6, 6.07) is 6.47. The minimum atomic E-state index is -0.229. The van der Waals surface area contributed by atoms with Gasteiger partial charge in [-0.3, -0.25) is 9.69 Å². The van der Waals surface area contributed by atoms with Gasteiger partial charge in [-0.25, -0.2) is 9.37 Å². The summed E-state index contributed by atoms with van der Waals surface area (Å²) in [4.78, 5) is 21.7. The molecule has 28 heavy (non-hydrogen) atoms. The Morgan fingerprint density at radius 2 is 1.82 bits per heavy atom. The lowest BCUT2D eigenvalue weighted by molar-refractivity contribution is -0.138. The number of hydrogen-bond acceptors (Lipinski definition) is 5. The van der Waals surface area contributed by atoms with Gasteiger partial charge in [0.15, 0.2) is 0 Å². The van der Waals surface area contributed by atoms with Crippen molar-refractivity contribution in [2.45, 2.75) is 19.4 Å². The predicted molar refractivity (Wildman–Crippen MR) is 112 cm³/mol. The maximum atomic E-state index is 13.1. The molecule has 4 rings (SSSR count). The van der Waals surface area contributed by atoms with Gasteiger partial charge in [0.25, 0.3) is 0 Å². The highest BCUT2D eigenvalue weighted by Crippen LogP contribution is 2.25. The smallest absolute Gasteiger partial charge is 0.225 e. The van der Waals surface area contributed by atoms with Crippen molar-refractivity contribution in [1.29, 1.82) is 0 Å². The normalized spacial score (nSPS) is 18.7. The van der Waals surface area contributed by atoms with Crippen LogP contribution in [0.25, 0.3) is 10.6 Å². The zero-order valence-electron chi connectivity index (χ0n) is 15.8. The molecule has 1 amide bonds. The fraction of sp³-hybridized carbons (Fsp3) is 0.500. The Balaban J connectivity index is 0.00000225. The maximum absolute atomic E-state index is 13.1. The fourth-order valence-corrected chi connectivity index (χ4v) is 4.60. The van der Waals surface area contributed by atoms with E-state index in [0.717, 1.165) is 74.9 Å². The summed E-state index contributed by atoms with van der Waals surface area (Å²) < 4.78 is 13.1. The second-order valence-electron chi connectivity index (χ2n) is 7.28. The second-order valence-corrected chi connectivity index (χ2v) is 8.13. The molecule has 1 aromatic heterocycles. The third-order valence-electron chi connectivity index (χ3n) is 5.40. The molecular formula is C20H26ClFN4OS. The molecule has 0 spiro atoms. The van der Waals surface area contributed by atoms with Gasteiger partial charge in [0.2, 0.25) is 5.91 Å². The average Bonchev–Trinajstić information content (AvgIpc) is 3.18. The minimum Gasteiger partial charge on any atom is -0.340 e. The van der Waals surface area contributed by atoms with Crippen molar-refractivity contribution in [3.05, 3.63) is 41.2 Å². The van der Waals surface area contributed by atoms with Crippen molar-refractivity contribution < 1.29 is 9.18 Å². The Bertz CT molecular complexity index is 771. The number of rotatable bonds is 4. The average molecular weight is 425 g/mol. The SMILES string of the molecule is Cl.O=C(C1CCNCC1)N1CCN(Cc2csc(-c3ccc(F)cc3)n2)CC1. The summed E-state index contributed by atoms with van der Waals surface area (Å²) in [7, 11) is 0. The van der Waals surface area contributed by atoms with Gasteiger partial charge in [0, 0.05) is 49.6 Å². The molecule has 2 aliphatic rings. The van der Waals surface area contributed by atoms with Crippen molar-refractivity contribution in [3.8, 4) is 10.6 Å². The van der Waals surface area contributed by atoms with Crippen molar-refractivity contribution in [2.24, 2.45) is 5.92 Å². The van der Waals surface area contributed by atoms with Crippen LogP contribution in [0, 0.1) is 11.7 Å². The first-order valence-electron chi connectivity index (χ1n) is 9.61. The van der Waals surface area contributed by atoms with Crippen LogP contribution in [0.3, 0.4) is 0 Å².